The summed E-state index contributed by atoms with van der Waals surface area (Å²) in [6.07, 6.45) is 3.90. The zero-order valence-corrected chi connectivity index (χ0v) is 12.5. The van der Waals surface area contributed by atoms with Gasteiger partial charge in [0.2, 0.25) is 5.91 Å². The molecule has 1 unspecified atom stereocenters. The lowest BCUT2D eigenvalue weighted by Gasteiger charge is -2.29. The molecule has 2 fully saturated rings. The molecule has 1 aliphatic carbocycles. The lowest BCUT2D eigenvalue weighted by Crippen LogP contribution is -2.41. The van der Waals surface area contributed by atoms with Gasteiger partial charge in [-0.1, -0.05) is 0 Å². The molecule has 2 aliphatic rings. The number of nitrogens with one attached hydrogen (secondary N) is 1. The first-order valence-corrected chi connectivity index (χ1v) is 7.69. The number of piperidine rings is 1. The quantitative estimate of drug-likeness (QED) is 0.774. The number of aliphatic carboxylic acids is 1. The molecular weight excluding hydrogens is 256 g/mol. The number of nitrogens with zero attached hydrogens (tertiary/aromatic N) is 1. The largest absolute Gasteiger partial charge is 0.481 e. The molecule has 1 heterocycles. The Morgan fingerprint density at radius 1 is 1.35 bits per heavy atom. The van der Waals surface area contributed by atoms with Gasteiger partial charge >= 0.3 is 5.97 Å². The van der Waals surface area contributed by atoms with E-state index in [4.69, 9.17) is 5.11 Å². The smallest absolute Gasteiger partial charge is 0.303 e. The summed E-state index contributed by atoms with van der Waals surface area (Å²) in [5.74, 6) is -0.369. The highest BCUT2D eigenvalue weighted by Gasteiger charge is 2.58. The van der Waals surface area contributed by atoms with E-state index in [1.165, 1.54) is 0 Å². The maximum atomic E-state index is 12.7. The first-order valence-electron chi connectivity index (χ1n) is 7.69. The number of carbonyl (C=O) groups excluding carboxylic acids is 1. The Kier molecular flexibility index (Phi) is 4.68. The normalized spacial score (nSPS) is 23.9. The summed E-state index contributed by atoms with van der Waals surface area (Å²) in [6, 6.07) is 0.149. The van der Waals surface area contributed by atoms with Gasteiger partial charge in [-0.2, -0.15) is 0 Å². The Morgan fingerprint density at radius 2 is 2.00 bits per heavy atom. The van der Waals surface area contributed by atoms with Crippen molar-refractivity contribution in [1.82, 2.24) is 10.2 Å². The lowest BCUT2D eigenvalue weighted by molar-refractivity contribution is -0.139. The summed E-state index contributed by atoms with van der Waals surface area (Å²) >= 11 is 0. The van der Waals surface area contributed by atoms with Gasteiger partial charge in [-0.3, -0.25) is 9.59 Å². The average Bonchev–Trinajstić information content (AvgIpc) is 3.07. The Labute approximate surface area is 120 Å². The fourth-order valence-corrected chi connectivity index (χ4v) is 3.40. The van der Waals surface area contributed by atoms with Gasteiger partial charge in [0.1, 0.15) is 0 Å². The molecule has 1 spiro atoms. The van der Waals surface area contributed by atoms with E-state index in [2.05, 4.69) is 5.32 Å². The van der Waals surface area contributed by atoms with Crippen LogP contribution in [0.5, 0.6) is 0 Å². The summed E-state index contributed by atoms with van der Waals surface area (Å²) in [7, 11) is 0. The van der Waals surface area contributed by atoms with Gasteiger partial charge in [-0.15, -0.1) is 0 Å². The van der Waals surface area contributed by atoms with E-state index in [1.807, 2.05) is 18.7 Å². The molecule has 2 rings (SSSR count). The average molecular weight is 282 g/mol. The van der Waals surface area contributed by atoms with E-state index in [0.29, 0.717) is 13.0 Å². The SMILES string of the molecule is CC(C)N(CCCC(=O)O)C(=O)C1CC12CCNCC2. The van der Waals surface area contributed by atoms with Crippen LogP contribution in [0.25, 0.3) is 0 Å². The van der Waals surface area contributed by atoms with E-state index in [-0.39, 0.29) is 29.7 Å². The van der Waals surface area contributed by atoms with Gasteiger partial charge in [-0.05, 0) is 58.0 Å². The number of rotatable bonds is 6. The number of carbonyl (C=O) groups is 2. The molecule has 1 atom stereocenters. The second kappa shape index (κ2) is 6.12. The van der Waals surface area contributed by atoms with E-state index in [0.717, 1.165) is 32.4 Å². The van der Waals surface area contributed by atoms with Crippen LogP contribution in [0.2, 0.25) is 0 Å². The molecule has 2 N–H and O–H groups in total. The van der Waals surface area contributed by atoms with E-state index in [9.17, 15) is 9.59 Å². The maximum absolute atomic E-state index is 12.7. The molecule has 5 heteroatoms. The number of amides is 1. The van der Waals surface area contributed by atoms with Crippen LogP contribution < -0.4 is 5.32 Å². The zero-order chi connectivity index (χ0) is 14.8. The van der Waals surface area contributed by atoms with Crippen LogP contribution in [0.3, 0.4) is 0 Å². The molecule has 0 bridgehead atoms. The van der Waals surface area contributed by atoms with Crippen LogP contribution in [0.15, 0.2) is 0 Å². The zero-order valence-electron chi connectivity index (χ0n) is 12.5. The summed E-state index contributed by atoms with van der Waals surface area (Å²) in [5, 5.41) is 12.1. The van der Waals surface area contributed by atoms with Crippen molar-refractivity contribution >= 4 is 11.9 Å². The Bertz CT molecular complexity index is 375. The minimum Gasteiger partial charge on any atom is -0.481 e. The van der Waals surface area contributed by atoms with Gasteiger partial charge in [0.05, 0.1) is 0 Å². The molecule has 5 nitrogen and oxygen atoms in total. The first kappa shape index (κ1) is 15.3. The van der Waals surface area contributed by atoms with Crippen LogP contribution in [0, 0.1) is 11.3 Å². The second-order valence-corrected chi connectivity index (χ2v) is 6.49. The predicted octanol–water partition coefficient (Wildman–Crippen LogP) is 1.48. The van der Waals surface area contributed by atoms with Crippen LogP contribution in [0.1, 0.15) is 46.0 Å². The maximum Gasteiger partial charge on any atom is 0.303 e. The van der Waals surface area contributed by atoms with Crippen LogP contribution in [-0.4, -0.2) is 47.6 Å². The van der Waals surface area contributed by atoms with Gasteiger partial charge in [0.25, 0.3) is 0 Å². The van der Waals surface area contributed by atoms with Gasteiger partial charge < -0.3 is 15.3 Å². The summed E-state index contributed by atoms with van der Waals surface area (Å²) in [4.78, 5) is 25.1. The van der Waals surface area contributed by atoms with Crippen molar-refractivity contribution in [2.75, 3.05) is 19.6 Å². The molecule has 1 saturated carbocycles. The van der Waals surface area contributed by atoms with Crippen molar-refractivity contribution in [3.05, 3.63) is 0 Å². The summed E-state index contributed by atoms with van der Waals surface area (Å²) in [6.45, 7) is 6.62. The molecule has 0 aromatic heterocycles. The lowest BCUT2D eigenvalue weighted by atomic mass is 9.91. The fraction of sp³-hybridized carbons (Fsp3) is 0.867. The minimum absolute atomic E-state index is 0.135. The molecule has 20 heavy (non-hydrogen) atoms. The number of carboxylic acids is 1. The Hall–Kier alpha value is -1.10. The van der Waals surface area contributed by atoms with Crippen molar-refractivity contribution < 1.29 is 14.7 Å². The first-order chi connectivity index (χ1) is 9.46. The predicted molar refractivity (Wildman–Crippen MR) is 76.4 cm³/mol. The van der Waals surface area contributed by atoms with Crippen molar-refractivity contribution in [3.63, 3.8) is 0 Å². The van der Waals surface area contributed by atoms with Crippen LogP contribution in [0.4, 0.5) is 0 Å². The van der Waals surface area contributed by atoms with E-state index in [1.54, 1.807) is 0 Å². The molecule has 114 valence electrons. The van der Waals surface area contributed by atoms with Gasteiger partial charge in [-0.25, -0.2) is 0 Å². The topological polar surface area (TPSA) is 69.6 Å². The molecular formula is C15H26N2O3. The summed E-state index contributed by atoms with van der Waals surface area (Å²) < 4.78 is 0. The molecule has 0 aromatic rings. The van der Waals surface area contributed by atoms with Crippen LogP contribution >= 0.6 is 0 Å². The van der Waals surface area contributed by atoms with E-state index >= 15 is 0 Å². The van der Waals surface area contributed by atoms with E-state index < -0.39 is 5.97 Å². The van der Waals surface area contributed by atoms with Crippen molar-refractivity contribution in [1.29, 1.82) is 0 Å². The molecule has 1 aliphatic heterocycles. The monoisotopic (exact) mass is 282 g/mol. The standard InChI is InChI=1S/C15H26N2O3/c1-11(2)17(9-3-4-13(18)19)14(20)12-10-15(12)5-7-16-8-6-15/h11-12,16H,3-10H2,1-2H3,(H,18,19). The molecule has 1 saturated heterocycles. The third-order valence-corrected chi connectivity index (χ3v) is 4.78. The Balaban J connectivity index is 1.89. The third-order valence-electron chi connectivity index (χ3n) is 4.78. The highest BCUT2D eigenvalue weighted by molar-refractivity contribution is 5.83. The number of carboxylic acid groups (broad SMARTS) is 1. The molecule has 0 radical (unpaired) electrons. The van der Waals surface area contributed by atoms with Crippen molar-refractivity contribution in [3.8, 4) is 0 Å². The van der Waals surface area contributed by atoms with Gasteiger partial charge in [0.15, 0.2) is 0 Å². The molecule has 1 amide bonds. The van der Waals surface area contributed by atoms with Crippen molar-refractivity contribution in [2.45, 2.75) is 52.0 Å². The third kappa shape index (κ3) is 3.32. The Morgan fingerprint density at radius 3 is 2.55 bits per heavy atom. The fourth-order valence-electron chi connectivity index (χ4n) is 3.40. The highest BCUT2D eigenvalue weighted by atomic mass is 16.4. The van der Waals surface area contributed by atoms with Crippen molar-refractivity contribution in [2.24, 2.45) is 11.3 Å². The number of hydrogen-bond donors (Lipinski definition) is 2. The number of hydrogen-bond acceptors (Lipinski definition) is 3. The van der Waals surface area contributed by atoms with Gasteiger partial charge in [0, 0.05) is 24.9 Å². The molecule has 0 aromatic carbocycles. The minimum atomic E-state index is -0.789. The highest BCUT2D eigenvalue weighted by Crippen LogP contribution is 2.59. The second-order valence-electron chi connectivity index (χ2n) is 6.49. The van der Waals surface area contributed by atoms with Crippen LogP contribution in [-0.2, 0) is 9.59 Å². The summed E-state index contributed by atoms with van der Waals surface area (Å²) in [5.41, 5.74) is 0.252.